The highest BCUT2D eigenvalue weighted by Gasteiger charge is 2.31. The van der Waals surface area contributed by atoms with Crippen molar-refractivity contribution < 1.29 is 18.3 Å². The summed E-state index contributed by atoms with van der Waals surface area (Å²) < 4.78 is 31.8. The van der Waals surface area contributed by atoms with Crippen molar-refractivity contribution in [1.82, 2.24) is 0 Å². The number of carbonyl (C=O) groups excluding carboxylic acids is 1. The standard InChI is InChI=1S/C12H14ClF2NO2.ClH/c1-3-18-12(17)10(15)11(16)8-7(14)5-4-6(2)9(8)13;/h4-5,10-11H,3,16H2,1-2H3;1H/t10?,11-;/m0./s1. The molecule has 1 aromatic rings. The van der Waals surface area contributed by atoms with Gasteiger partial charge in [0, 0.05) is 5.56 Å². The Morgan fingerprint density at radius 3 is 2.63 bits per heavy atom. The second kappa shape index (κ2) is 7.62. The van der Waals surface area contributed by atoms with E-state index >= 15 is 0 Å². The zero-order valence-electron chi connectivity index (χ0n) is 10.5. The summed E-state index contributed by atoms with van der Waals surface area (Å²) >= 11 is 5.88. The number of aryl methyl sites for hydroxylation is 1. The molecule has 108 valence electrons. The zero-order valence-corrected chi connectivity index (χ0v) is 12.0. The van der Waals surface area contributed by atoms with Crippen LogP contribution in [0.5, 0.6) is 0 Å². The predicted molar refractivity (Wildman–Crippen MR) is 71.9 cm³/mol. The first kappa shape index (κ1) is 18.1. The fourth-order valence-electron chi connectivity index (χ4n) is 1.50. The topological polar surface area (TPSA) is 52.3 Å². The fourth-order valence-corrected chi connectivity index (χ4v) is 1.78. The maximum atomic E-state index is 13.7. The Morgan fingerprint density at radius 2 is 2.11 bits per heavy atom. The van der Waals surface area contributed by atoms with Gasteiger partial charge in [-0.25, -0.2) is 13.6 Å². The molecule has 0 amide bonds. The summed E-state index contributed by atoms with van der Waals surface area (Å²) in [6, 6.07) is 1.09. The van der Waals surface area contributed by atoms with Crippen molar-refractivity contribution in [2.75, 3.05) is 6.61 Å². The molecule has 0 aliphatic carbocycles. The molecule has 7 heteroatoms. The van der Waals surface area contributed by atoms with Gasteiger partial charge in [-0.3, -0.25) is 0 Å². The van der Waals surface area contributed by atoms with Gasteiger partial charge < -0.3 is 10.5 Å². The van der Waals surface area contributed by atoms with Crippen molar-refractivity contribution in [3.8, 4) is 0 Å². The van der Waals surface area contributed by atoms with Gasteiger partial charge in [-0.2, -0.15) is 0 Å². The molecule has 0 bridgehead atoms. The van der Waals surface area contributed by atoms with Gasteiger partial charge in [0.05, 0.1) is 17.7 Å². The van der Waals surface area contributed by atoms with E-state index in [1.807, 2.05) is 0 Å². The molecule has 1 unspecified atom stereocenters. The maximum Gasteiger partial charge on any atom is 0.342 e. The Hall–Kier alpha value is -0.910. The molecular formula is C12H15Cl2F2NO2. The lowest BCUT2D eigenvalue weighted by Gasteiger charge is -2.18. The highest BCUT2D eigenvalue weighted by atomic mass is 35.5. The lowest BCUT2D eigenvalue weighted by Crippen LogP contribution is -2.32. The van der Waals surface area contributed by atoms with Crippen LogP contribution in [0.4, 0.5) is 8.78 Å². The quantitative estimate of drug-likeness (QED) is 0.869. The molecule has 0 aliphatic heterocycles. The lowest BCUT2D eigenvalue weighted by molar-refractivity contribution is -0.149. The molecule has 19 heavy (non-hydrogen) atoms. The van der Waals surface area contributed by atoms with E-state index in [1.54, 1.807) is 6.92 Å². The second-order valence-corrected chi connectivity index (χ2v) is 4.15. The summed E-state index contributed by atoms with van der Waals surface area (Å²) in [6.07, 6.45) is -2.15. The largest absolute Gasteiger partial charge is 0.464 e. The molecule has 0 saturated carbocycles. The summed E-state index contributed by atoms with van der Waals surface area (Å²) in [7, 11) is 0. The van der Waals surface area contributed by atoms with Gasteiger partial charge in [-0.1, -0.05) is 17.7 Å². The number of ether oxygens (including phenoxy) is 1. The molecule has 2 N–H and O–H groups in total. The normalized spacial score (nSPS) is 13.4. The highest BCUT2D eigenvalue weighted by Crippen LogP contribution is 2.30. The zero-order chi connectivity index (χ0) is 13.9. The van der Waals surface area contributed by atoms with Crippen LogP contribution in [-0.2, 0) is 9.53 Å². The third-order valence-electron chi connectivity index (χ3n) is 2.48. The minimum atomic E-state index is -2.15. The first-order valence-electron chi connectivity index (χ1n) is 5.40. The third kappa shape index (κ3) is 4.03. The number of hydrogen-bond donors (Lipinski definition) is 1. The molecule has 0 spiro atoms. The summed E-state index contributed by atoms with van der Waals surface area (Å²) in [6.45, 7) is 3.20. The van der Waals surface area contributed by atoms with Gasteiger partial charge in [0.2, 0.25) is 6.17 Å². The molecule has 1 aromatic carbocycles. The number of halogens is 4. The SMILES string of the molecule is CCOC(=O)C(F)[C@@H](N)c1c(F)ccc(C)c1Cl.Cl. The van der Waals surface area contributed by atoms with Gasteiger partial charge in [-0.05, 0) is 25.5 Å². The summed E-state index contributed by atoms with van der Waals surface area (Å²) in [5.41, 5.74) is 5.88. The fraction of sp³-hybridized carbons (Fsp3) is 0.417. The summed E-state index contributed by atoms with van der Waals surface area (Å²) in [5.74, 6) is -1.87. The van der Waals surface area contributed by atoms with Crippen molar-refractivity contribution in [3.05, 3.63) is 34.1 Å². The maximum absolute atomic E-state index is 13.7. The summed E-state index contributed by atoms with van der Waals surface area (Å²) in [4.78, 5) is 11.2. The van der Waals surface area contributed by atoms with Gasteiger partial charge >= 0.3 is 5.97 Å². The number of alkyl halides is 1. The van der Waals surface area contributed by atoms with Crippen molar-refractivity contribution in [2.45, 2.75) is 26.1 Å². The van der Waals surface area contributed by atoms with E-state index in [0.717, 1.165) is 6.07 Å². The number of esters is 1. The van der Waals surface area contributed by atoms with Crippen molar-refractivity contribution in [3.63, 3.8) is 0 Å². The number of benzene rings is 1. The smallest absolute Gasteiger partial charge is 0.342 e. The Kier molecular flexibility index (Phi) is 7.26. The monoisotopic (exact) mass is 313 g/mol. The molecule has 0 saturated heterocycles. The average molecular weight is 314 g/mol. The van der Waals surface area contributed by atoms with Crippen LogP contribution >= 0.6 is 24.0 Å². The van der Waals surface area contributed by atoms with E-state index in [-0.39, 0.29) is 29.6 Å². The van der Waals surface area contributed by atoms with Crippen molar-refractivity contribution >= 4 is 30.0 Å². The number of hydrogen-bond acceptors (Lipinski definition) is 3. The molecular weight excluding hydrogens is 299 g/mol. The van der Waals surface area contributed by atoms with Gasteiger partial charge in [0.15, 0.2) is 0 Å². The molecule has 3 nitrogen and oxygen atoms in total. The van der Waals surface area contributed by atoms with Crippen LogP contribution in [0.3, 0.4) is 0 Å². The molecule has 0 aliphatic rings. The highest BCUT2D eigenvalue weighted by molar-refractivity contribution is 6.32. The van der Waals surface area contributed by atoms with Gasteiger partial charge in [0.1, 0.15) is 5.82 Å². The van der Waals surface area contributed by atoms with Crippen LogP contribution in [0.1, 0.15) is 24.1 Å². The van der Waals surface area contributed by atoms with Crippen LogP contribution < -0.4 is 5.73 Å². The lowest BCUT2D eigenvalue weighted by atomic mass is 10.0. The number of nitrogens with two attached hydrogens (primary N) is 1. The number of carbonyl (C=O) groups is 1. The predicted octanol–water partition coefficient (Wildman–Crippen LogP) is 3.11. The Bertz CT molecular complexity index is 458. The van der Waals surface area contributed by atoms with E-state index in [0.29, 0.717) is 5.56 Å². The van der Waals surface area contributed by atoms with Crippen molar-refractivity contribution in [2.24, 2.45) is 5.73 Å². The average Bonchev–Trinajstić information content (AvgIpc) is 2.33. The van der Waals surface area contributed by atoms with E-state index < -0.39 is 24.0 Å². The van der Waals surface area contributed by atoms with E-state index in [2.05, 4.69) is 4.74 Å². The minimum absolute atomic E-state index is 0. The van der Waals surface area contributed by atoms with Gasteiger partial charge in [-0.15, -0.1) is 12.4 Å². The van der Waals surface area contributed by atoms with Crippen LogP contribution in [0.25, 0.3) is 0 Å². The van der Waals surface area contributed by atoms with E-state index in [4.69, 9.17) is 17.3 Å². The molecule has 1 rings (SSSR count). The first-order chi connectivity index (χ1) is 8.40. The molecule has 0 radical (unpaired) electrons. The molecule has 0 fully saturated rings. The molecule has 0 aromatic heterocycles. The number of rotatable bonds is 4. The van der Waals surface area contributed by atoms with Crippen LogP contribution in [0.2, 0.25) is 5.02 Å². The Labute approximate surface area is 121 Å². The van der Waals surface area contributed by atoms with E-state index in [9.17, 15) is 13.6 Å². The van der Waals surface area contributed by atoms with Crippen LogP contribution in [0.15, 0.2) is 12.1 Å². The van der Waals surface area contributed by atoms with E-state index in [1.165, 1.54) is 13.0 Å². The van der Waals surface area contributed by atoms with Crippen molar-refractivity contribution in [1.29, 1.82) is 0 Å². The van der Waals surface area contributed by atoms with Crippen LogP contribution in [-0.4, -0.2) is 18.7 Å². The Morgan fingerprint density at radius 1 is 1.53 bits per heavy atom. The third-order valence-corrected chi connectivity index (χ3v) is 2.98. The molecule has 0 heterocycles. The molecule has 2 atom stereocenters. The second-order valence-electron chi connectivity index (χ2n) is 3.77. The van der Waals surface area contributed by atoms with Gasteiger partial charge in [0.25, 0.3) is 0 Å². The first-order valence-corrected chi connectivity index (χ1v) is 5.78. The summed E-state index contributed by atoms with van der Waals surface area (Å²) in [5, 5.41) is 0.0226. The van der Waals surface area contributed by atoms with Crippen LogP contribution in [0, 0.1) is 12.7 Å². The Balaban J connectivity index is 0.00000324. The minimum Gasteiger partial charge on any atom is -0.464 e.